The summed E-state index contributed by atoms with van der Waals surface area (Å²) in [5, 5.41) is 9.13. The van der Waals surface area contributed by atoms with E-state index in [0.29, 0.717) is 30.9 Å². The van der Waals surface area contributed by atoms with Crippen molar-refractivity contribution in [2.45, 2.75) is 37.4 Å². The molecule has 0 spiro atoms. The van der Waals surface area contributed by atoms with E-state index in [2.05, 4.69) is 9.88 Å². The molecule has 0 bridgehead atoms. The van der Waals surface area contributed by atoms with Crippen LogP contribution in [0.5, 0.6) is 0 Å². The second kappa shape index (κ2) is 12.1. The smallest absolute Gasteiger partial charge is 0.379 e. The van der Waals surface area contributed by atoms with E-state index in [9.17, 15) is 36.4 Å². The molecule has 1 aromatic heterocycles. The summed E-state index contributed by atoms with van der Waals surface area (Å²) in [5.41, 5.74) is 1.32. The van der Waals surface area contributed by atoms with Crippen LogP contribution in [0.2, 0.25) is 0 Å². The zero-order valence-corrected chi connectivity index (χ0v) is 23.7. The standard InChI is InChI=1S/C27H30F4N4O6S/c1-26(42(2,39)40,16-35(38)25(37)27(29,30)31)7-8-34-17-32-23-14-19(4-6-21(23)24(34)36)20-5-3-18(13-22(20)28)15-33-9-11-41-12-10-33/h3-6,13-14,17,38H,7-12,15-16H2,1-2H3/t26-/m1/s1. The first kappa shape index (κ1) is 31.5. The van der Waals surface area contributed by atoms with Crippen LogP contribution in [-0.2, 0) is 32.5 Å². The highest BCUT2D eigenvalue weighted by Crippen LogP contribution is 2.28. The van der Waals surface area contributed by atoms with Crippen LogP contribution in [0.15, 0.2) is 47.5 Å². The quantitative estimate of drug-likeness (QED) is 0.222. The topological polar surface area (TPSA) is 122 Å². The molecule has 2 aromatic carbocycles. The number of benzene rings is 2. The summed E-state index contributed by atoms with van der Waals surface area (Å²) >= 11 is 0. The largest absolute Gasteiger partial charge is 0.473 e. The van der Waals surface area contributed by atoms with E-state index >= 15 is 4.39 Å². The van der Waals surface area contributed by atoms with Crippen LogP contribution in [-0.4, -0.2) is 89.1 Å². The number of aryl methyl sites for hydroxylation is 1. The number of carbonyl (C=O) groups is 1. The number of hydrogen-bond acceptors (Lipinski definition) is 8. The Hall–Kier alpha value is -3.40. The van der Waals surface area contributed by atoms with Gasteiger partial charge in [0.15, 0.2) is 9.84 Å². The Labute approximate surface area is 239 Å². The number of hydrogen-bond donors (Lipinski definition) is 1. The van der Waals surface area contributed by atoms with Gasteiger partial charge in [-0.3, -0.25) is 24.3 Å². The summed E-state index contributed by atoms with van der Waals surface area (Å²) in [4.78, 5) is 30.9. The number of hydroxylamine groups is 2. The number of carbonyl (C=O) groups excluding carboxylic acids is 1. The lowest BCUT2D eigenvalue weighted by Gasteiger charge is -2.31. The first-order chi connectivity index (χ1) is 19.6. The molecule has 0 unspecified atom stereocenters. The monoisotopic (exact) mass is 614 g/mol. The Kier molecular flexibility index (Phi) is 9.06. The Morgan fingerprint density at radius 3 is 2.45 bits per heavy atom. The Morgan fingerprint density at radius 1 is 1.14 bits per heavy atom. The van der Waals surface area contributed by atoms with E-state index in [4.69, 9.17) is 4.74 Å². The molecule has 4 rings (SSSR count). The second-order valence-corrected chi connectivity index (χ2v) is 13.0. The lowest BCUT2D eigenvalue weighted by atomic mass is 10.0. The maximum Gasteiger partial charge on any atom is 0.473 e. The van der Waals surface area contributed by atoms with E-state index in [1.165, 1.54) is 12.1 Å². The molecule has 10 nitrogen and oxygen atoms in total. The fourth-order valence-corrected chi connectivity index (χ4v) is 5.49. The third-order valence-corrected chi connectivity index (χ3v) is 9.54. The van der Waals surface area contributed by atoms with Crippen molar-refractivity contribution >= 4 is 26.6 Å². The molecule has 1 saturated heterocycles. The molecule has 42 heavy (non-hydrogen) atoms. The number of halogens is 4. The zero-order valence-electron chi connectivity index (χ0n) is 22.9. The predicted octanol–water partition coefficient (Wildman–Crippen LogP) is 3.01. The zero-order chi connectivity index (χ0) is 30.9. The van der Waals surface area contributed by atoms with Crippen molar-refractivity contribution in [3.8, 4) is 11.1 Å². The lowest BCUT2D eigenvalue weighted by Crippen LogP contribution is -2.51. The van der Waals surface area contributed by atoms with Crippen LogP contribution in [0, 0.1) is 5.82 Å². The number of sulfone groups is 1. The molecular formula is C27H30F4N4O6S. The molecule has 1 aliphatic heterocycles. The number of amides is 1. The van der Waals surface area contributed by atoms with Gasteiger partial charge in [0.25, 0.3) is 5.56 Å². The molecule has 15 heteroatoms. The van der Waals surface area contributed by atoms with E-state index < -0.39 is 56.1 Å². The van der Waals surface area contributed by atoms with Crippen molar-refractivity contribution in [3.63, 3.8) is 0 Å². The highest BCUT2D eigenvalue weighted by Gasteiger charge is 2.46. The van der Waals surface area contributed by atoms with Gasteiger partial charge in [-0.1, -0.05) is 18.2 Å². The Balaban J connectivity index is 1.53. The molecule has 1 aliphatic rings. The van der Waals surface area contributed by atoms with Gasteiger partial charge in [0.1, 0.15) is 5.82 Å². The predicted molar refractivity (Wildman–Crippen MR) is 145 cm³/mol. The summed E-state index contributed by atoms with van der Waals surface area (Å²) in [5.74, 6) is -3.05. The molecular weight excluding hydrogens is 584 g/mol. The van der Waals surface area contributed by atoms with Crippen molar-refractivity contribution in [1.82, 2.24) is 19.5 Å². The van der Waals surface area contributed by atoms with Crippen molar-refractivity contribution in [3.05, 3.63) is 64.5 Å². The number of rotatable bonds is 9. The summed E-state index contributed by atoms with van der Waals surface area (Å²) < 4.78 is 82.4. The molecule has 228 valence electrons. The summed E-state index contributed by atoms with van der Waals surface area (Å²) in [6.07, 6.45) is -3.91. The minimum Gasteiger partial charge on any atom is -0.379 e. The van der Waals surface area contributed by atoms with Crippen molar-refractivity contribution in [1.29, 1.82) is 0 Å². The SMILES string of the molecule is C[C@@](CCn1cnc2cc(-c3ccc(CN4CCOCC4)cc3F)ccc2c1=O)(CN(O)C(=O)C(F)(F)F)S(C)(=O)=O. The Morgan fingerprint density at radius 2 is 1.83 bits per heavy atom. The molecule has 1 amide bonds. The molecule has 0 aliphatic carbocycles. The number of fused-ring (bicyclic) bond motifs is 1. The molecule has 0 saturated carbocycles. The number of aromatic nitrogens is 2. The van der Waals surface area contributed by atoms with Gasteiger partial charge >= 0.3 is 12.1 Å². The highest BCUT2D eigenvalue weighted by atomic mass is 32.2. The number of alkyl halides is 3. The molecule has 0 radical (unpaired) electrons. The summed E-state index contributed by atoms with van der Waals surface area (Å²) in [7, 11) is -4.12. The fourth-order valence-electron chi connectivity index (χ4n) is 4.67. The molecule has 1 fully saturated rings. The first-order valence-electron chi connectivity index (χ1n) is 12.9. The molecule has 1 N–H and O–H groups in total. The van der Waals surface area contributed by atoms with Crippen LogP contribution >= 0.6 is 0 Å². The van der Waals surface area contributed by atoms with E-state index in [0.717, 1.165) is 42.7 Å². The van der Waals surface area contributed by atoms with E-state index in [1.807, 2.05) is 6.07 Å². The molecule has 3 aromatic rings. The third-order valence-electron chi connectivity index (χ3n) is 7.42. The van der Waals surface area contributed by atoms with Crippen LogP contribution in [0.25, 0.3) is 22.0 Å². The van der Waals surface area contributed by atoms with Gasteiger partial charge in [-0.05, 0) is 42.7 Å². The van der Waals surface area contributed by atoms with Gasteiger partial charge in [0, 0.05) is 38.0 Å². The van der Waals surface area contributed by atoms with Crippen LogP contribution < -0.4 is 5.56 Å². The van der Waals surface area contributed by atoms with Gasteiger partial charge in [0.2, 0.25) is 0 Å². The van der Waals surface area contributed by atoms with Crippen molar-refractivity contribution in [2.75, 3.05) is 39.1 Å². The van der Waals surface area contributed by atoms with Crippen LogP contribution in [0.4, 0.5) is 17.6 Å². The molecule has 1 atom stereocenters. The van der Waals surface area contributed by atoms with E-state index in [1.54, 1.807) is 18.2 Å². The maximum atomic E-state index is 15.1. The summed E-state index contributed by atoms with van der Waals surface area (Å²) in [6, 6.07) is 9.53. The fraction of sp³-hybridized carbons (Fsp3) is 0.444. The number of morpholine rings is 1. The average Bonchev–Trinajstić information content (AvgIpc) is 2.91. The second-order valence-electron chi connectivity index (χ2n) is 10.5. The van der Waals surface area contributed by atoms with Gasteiger partial charge in [-0.2, -0.15) is 13.2 Å². The van der Waals surface area contributed by atoms with E-state index in [-0.39, 0.29) is 17.4 Å². The summed E-state index contributed by atoms with van der Waals surface area (Å²) in [6.45, 7) is 3.00. The van der Waals surface area contributed by atoms with Gasteiger partial charge in [0.05, 0.1) is 41.7 Å². The van der Waals surface area contributed by atoms with Crippen molar-refractivity contribution < 1.29 is 40.7 Å². The van der Waals surface area contributed by atoms with Crippen LogP contribution in [0.3, 0.4) is 0 Å². The maximum absolute atomic E-state index is 15.1. The van der Waals surface area contributed by atoms with Gasteiger partial charge in [-0.25, -0.2) is 22.9 Å². The minimum atomic E-state index is -5.40. The molecule has 2 heterocycles. The minimum absolute atomic E-state index is 0.155. The lowest BCUT2D eigenvalue weighted by molar-refractivity contribution is -0.216. The van der Waals surface area contributed by atoms with Gasteiger partial charge < -0.3 is 4.74 Å². The highest BCUT2D eigenvalue weighted by molar-refractivity contribution is 7.92. The third kappa shape index (κ3) is 6.97. The van der Waals surface area contributed by atoms with Crippen molar-refractivity contribution in [2.24, 2.45) is 0 Å². The van der Waals surface area contributed by atoms with Crippen LogP contribution in [0.1, 0.15) is 18.9 Å². The Bertz CT molecular complexity index is 1640. The number of ether oxygens (including phenoxy) is 1. The average molecular weight is 615 g/mol. The number of nitrogens with zero attached hydrogens (tertiary/aromatic N) is 4. The normalized spacial score (nSPS) is 16.4. The first-order valence-corrected chi connectivity index (χ1v) is 14.8. The van der Waals surface area contributed by atoms with Gasteiger partial charge in [-0.15, -0.1) is 0 Å².